The van der Waals surface area contributed by atoms with Crippen LogP contribution in [0.4, 0.5) is 4.39 Å². The topological polar surface area (TPSA) is 100 Å². The van der Waals surface area contributed by atoms with Crippen molar-refractivity contribution in [3.63, 3.8) is 0 Å². The Morgan fingerprint density at radius 1 is 1.28 bits per heavy atom. The van der Waals surface area contributed by atoms with Crippen molar-refractivity contribution in [2.24, 2.45) is 0 Å². The van der Waals surface area contributed by atoms with E-state index in [1.807, 2.05) is 17.5 Å². The van der Waals surface area contributed by atoms with Crippen LogP contribution in [0.3, 0.4) is 0 Å². The fraction of sp³-hybridized carbons (Fsp3) is 0.350. The molecule has 4 rings (SSSR count). The lowest BCUT2D eigenvalue weighted by Gasteiger charge is -2.34. The summed E-state index contributed by atoms with van der Waals surface area (Å²) in [6.45, 7) is 2.62. The summed E-state index contributed by atoms with van der Waals surface area (Å²) < 4.78 is 42.9. The molecule has 3 aromatic rings. The highest BCUT2D eigenvalue weighted by Gasteiger charge is 2.30. The van der Waals surface area contributed by atoms with Gasteiger partial charge < -0.3 is 4.90 Å². The normalized spacial score (nSPS) is 16.2. The first-order valence-electron chi connectivity index (χ1n) is 10.0. The Balaban J connectivity index is 1.40. The molecular formula is C20H22FN5O3S3. The van der Waals surface area contributed by atoms with Crippen LogP contribution in [0.5, 0.6) is 0 Å². The number of nitrogens with one attached hydrogen (secondary N) is 2. The fourth-order valence-corrected chi connectivity index (χ4v) is 6.04. The van der Waals surface area contributed by atoms with E-state index in [-0.39, 0.29) is 16.8 Å². The van der Waals surface area contributed by atoms with Gasteiger partial charge >= 0.3 is 0 Å². The molecule has 2 N–H and O–H groups in total. The molecule has 0 saturated carbocycles. The molecule has 1 aliphatic heterocycles. The van der Waals surface area contributed by atoms with Gasteiger partial charge in [-0.1, -0.05) is 6.07 Å². The van der Waals surface area contributed by atoms with Crippen LogP contribution in [-0.2, 0) is 14.8 Å². The fourth-order valence-electron chi connectivity index (χ4n) is 3.74. The molecule has 2 aromatic heterocycles. The number of aromatic amines is 1. The molecule has 170 valence electrons. The van der Waals surface area contributed by atoms with Crippen LogP contribution in [0, 0.1) is 10.6 Å². The Bertz CT molecular complexity index is 1240. The number of benzene rings is 1. The van der Waals surface area contributed by atoms with E-state index in [1.54, 1.807) is 16.4 Å². The van der Waals surface area contributed by atoms with Gasteiger partial charge in [0.2, 0.25) is 15.9 Å². The number of amides is 1. The Kier molecular flexibility index (Phi) is 6.56. The monoisotopic (exact) mass is 495 g/mol. The second kappa shape index (κ2) is 9.22. The van der Waals surface area contributed by atoms with Gasteiger partial charge in [-0.05, 0) is 67.7 Å². The minimum absolute atomic E-state index is 0.0152. The number of sulfonamides is 1. The number of carbonyl (C=O) groups excluding carboxylic acids is 1. The van der Waals surface area contributed by atoms with Crippen molar-refractivity contribution >= 4 is 39.5 Å². The van der Waals surface area contributed by atoms with E-state index in [2.05, 4.69) is 14.9 Å². The molecule has 32 heavy (non-hydrogen) atoms. The molecule has 0 bridgehead atoms. The first kappa shape index (κ1) is 22.8. The summed E-state index contributed by atoms with van der Waals surface area (Å²) in [7, 11) is -3.75. The number of likely N-dealkylation sites (tertiary alicyclic amines) is 1. The number of hydrogen-bond acceptors (Lipinski definition) is 6. The molecule has 12 heteroatoms. The SMILES string of the molecule is CC(C(=O)N1CCC(NS(=O)(=O)c2ccc(F)cc2)CC1)n1c(-c2cccs2)n[nH]c1=S. The first-order valence-corrected chi connectivity index (χ1v) is 12.8. The number of thiophene rings is 1. The van der Waals surface area contributed by atoms with Crippen LogP contribution in [0.25, 0.3) is 10.7 Å². The van der Waals surface area contributed by atoms with Gasteiger partial charge in [-0.3, -0.25) is 14.5 Å². The molecule has 0 aliphatic carbocycles. The average molecular weight is 496 g/mol. The van der Waals surface area contributed by atoms with E-state index < -0.39 is 21.9 Å². The second-order valence-corrected chi connectivity index (χ2v) is 10.6. The lowest BCUT2D eigenvalue weighted by molar-refractivity contribution is -0.135. The number of H-pyrrole nitrogens is 1. The number of nitrogens with zero attached hydrogens (tertiary/aromatic N) is 3. The largest absolute Gasteiger partial charge is 0.341 e. The molecule has 1 atom stereocenters. The standard InChI is InChI=1S/C20H22FN5O3S3/c1-13(26-18(22-23-20(26)30)17-3-2-12-31-17)19(27)25-10-8-15(9-11-25)24-32(28,29)16-6-4-14(21)5-7-16/h2-7,12-13,15,24H,8-11H2,1H3,(H,23,30). The number of halogens is 1. The van der Waals surface area contributed by atoms with Gasteiger partial charge in [0.25, 0.3) is 0 Å². The molecule has 1 fully saturated rings. The minimum Gasteiger partial charge on any atom is -0.341 e. The highest BCUT2D eigenvalue weighted by atomic mass is 32.2. The summed E-state index contributed by atoms with van der Waals surface area (Å²) in [4.78, 5) is 15.8. The van der Waals surface area contributed by atoms with E-state index in [4.69, 9.17) is 12.2 Å². The summed E-state index contributed by atoms with van der Waals surface area (Å²) >= 11 is 6.87. The smallest absolute Gasteiger partial charge is 0.245 e. The minimum atomic E-state index is -3.75. The Morgan fingerprint density at radius 2 is 1.97 bits per heavy atom. The van der Waals surface area contributed by atoms with Crippen molar-refractivity contribution < 1.29 is 17.6 Å². The summed E-state index contributed by atoms with van der Waals surface area (Å²) in [6, 6.07) is 7.67. The molecule has 1 amide bonds. The maximum Gasteiger partial charge on any atom is 0.245 e. The molecule has 1 saturated heterocycles. The number of rotatable bonds is 6. The molecule has 1 aromatic carbocycles. The van der Waals surface area contributed by atoms with Crippen LogP contribution in [-0.4, -0.2) is 53.1 Å². The van der Waals surface area contributed by atoms with E-state index in [0.717, 1.165) is 17.0 Å². The van der Waals surface area contributed by atoms with Crippen molar-refractivity contribution in [1.29, 1.82) is 0 Å². The molecule has 0 spiro atoms. The van der Waals surface area contributed by atoms with E-state index in [9.17, 15) is 17.6 Å². The van der Waals surface area contributed by atoms with E-state index in [0.29, 0.717) is 36.5 Å². The molecule has 1 aliphatic rings. The number of hydrogen-bond donors (Lipinski definition) is 2. The second-order valence-electron chi connectivity index (χ2n) is 7.55. The van der Waals surface area contributed by atoms with Crippen molar-refractivity contribution in [1.82, 2.24) is 24.4 Å². The van der Waals surface area contributed by atoms with Crippen molar-refractivity contribution in [3.05, 3.63) is 52.4 Å². The van der Waals surface area contributed by atoms with Gasteiger partial charge in [0.1, 0.15) is 11.9 Å². The van der Waals surface area contributed by atoms with Gasteiger partial charge in [-0.2, -0.15) is 5.10 Å². The lowest BCUT2D eigenvalue weighted by Crippen LogP contribution is -2.48. The van der Waals surface area contributed by atoms with Gasteiger partial charge in [-0.25, -0.2) is 17.5 Å². The van der Waals surface area contributed by atoms with Crippen LogP contribution in [0.15, 0.2) is 46.7 Å². The van der Waals surface area contributed by atoms with Crippen molar-refractivity contribution in [3.8, 4) is 10.7 Å². The van der Waals surface area contributed by atoms with Gasteiger partial charge in [-0.15, -0.1) is 11.3 Å². The van der Waals surface area contributed by atoms with Crippen molar-refractivity contribution in [2.75, 3.05) is 13.1 Å². The average Bonchev–Trinajstić information content (AvgIpc) is 3.43. The van der Waals surface area contributed by atoms with Crippen LogP contribution < -0.4 is 4.72 Å². The zero-order chi connectivity index (χ0) is 22.9. The maximum absolute atomic E-state index is 13.2. The highest BCUT2D eigenvalue weighted by Crippen LogP contribution is 2.27. The molecule has 3 heterocycles. The number of piperidine rings is 1. The summed E-state index contributed by atoms with van der Waals surface area (Å²) in [5.41, 5.74) is 0. The Labute approximate surface area is 194 Å². The van der Waals surface area contributed by atoms with Crippen LogP contribution >= 0.6 is 23.6 Å². The summed E-state index contributed by atoms with van der Waals surface area (Å²) in [5.74, 6) is 0.0257. The molecule has 1 unspecified atom stereocenters. The molecular weight excluding hydrogens is 473 g/mol. The third-order valence-corrected chi connectivity index (χ3v) is 8.13. The molecule has 8 nitrogen and oxygen atoms in total. The summed E-state index contributed by atoms with van der Waals surface area (Å²) in [5, 5.41) is 8.98. The zero-order valence-electron chi connectivity index (χ0n) is 17.2. The number of aromatic nitrogens is 3. The lowest BCUT2D eigenvalue weighted by atomic mass is 10.1. The maximum atomic E-state index is 13.2. The predicted octanol–water partition coefficient (Wildman–Crippen LogP) is 3.34. The van der Waals surface area contributed by atoms with Crippen LogP contribution in [0.1, 0.15) is 25.8 Å². The molecule has 0 radical (unpaired) electrons. The third-order valence-electron chi connectivity index (χ3n) is 5.44. The van der Waals surface area contributed by atoms with Gasteiger partial charge in [0, 0.05) is 19.1 Å². The summed E-state index contributed by atoms with van der Waals surface area (Å²) in [6.07, 6.45) is 0.959. The zero-order valence-corrected chi connectivity index (χ0v) is 19.6. The first-order chi connectivity index (χ1) is 15.3. The van der Waals surface area contributed by atoms with Crippen LogP contribution in [0.2, 0.25) is 0 Å². The van der Waals surface area contributed by atoms with Gasteiger partial charge in [0.05, 0.1) is 9.77 Å². The van der Waals surface area contributed by atoms with E-state index >= 15 is 0 Å². The third kappa shape index (κ3) is 4.68. The Morgan fingerprint density at radius 3 is 2.59 bits per heavy atom. The van der Waals surface area contributed by atoms with E-state index in [1.165, 1.54) is 23.5 Å². The number of carbonyl (C=O) groups is 1. The Hall–Kier alpha value is -2.41. The van der Waals surface area contributed by atoms with Gasteiger partial charge in [0.15, 0.2) is 10.6 Å². The quantitative estimate of drug-likeness (QED) is 0.511. The highest BCUT2D eigenvalue weighted by molar-refractivity contribution is 7.89. The van der Waals surface area contributed by atoms with Crippen molar-refractivity contribution in [2.45, 2.75) is 36.7 Å². The predicted molar refractivity (Wildman–Crippen MR) is 122 cm³/mol.